The van der Waals surface area contributed by atoms with Gasteiger partial charge in [-0.3, -0.25) is 0 Å². The molecule has 0 fully saturated rings. The van der Waals surface area contributed by atoms with E-state index in [1.165, 1.54) is 12.1 Å². The highest BCUT2D eigenvalue weighted by molar-refractivity contribution is 6.33. The Labute approximate surface area is 178 Å². The maximum absolute atomic E-state index is 14.1. The maximum Gasteiger partial charge on any atom is 0.416 e. The minimum Gasteiger partial charge on any atom is -0.460 e. The van der Waals surface area contributed by atoms with Crippen LogP contribution in [-0.4, -0.2) is 24.6 Å². The lowest BCUT2D eigenvalue weighted by molar-refractivity contribution is -0.151. The van der Waals surface area contributed by atoms with Crippen LogP contribution in [0.1, 0.15) is 29.8 Å². The van der Waals surface area contributed by atoms with E-state index in [4.69, 9.17) is 37.4 Å². The van der Waals surface area contributed by atoms with Crippen LogP contribution in [0.15, 0.2) is 30.3 Å². The largest absolute Gasteiger partial charge is 0.460 e. The first-order valence-electron chi connectivity index (χ1n) is 8.28. The number of benzene rings is 2. The fourth-order valence-corrected chi connectivity index (χ4v) is 2.60. The van der Waals surface area contributed by atoms with Crippen molar-refractivity contribution in [3.05, 3.63) is 57.3 Å². The number of hydrogen-bond acceptors (Lipinski definition) is 5. The van der Waals surface area contributed by atoms with Crippen molar-refractivity contribution < 1.29 is 41.4 Å². The summed E-state index contributed by atoms with van der Waals surface area (Å²) in [6, 6.07) is 4.25. The molecule has 162 valence electrons. The molecule has 0 saturated carbocycles. The Hall–Kier alpha value is -2.52. The molecule has 0 aliphatic heterocycles. The van der Waals surface area contributed by atoms with E-state index < -0.39 is 53.0 Å². The van der Waals surface area contributed by atoms with Crippen molar-refractivity contribution in [2.75, 3.05) is 6.61 Å². The quantitative estimate of drug-likeness (QED) is 0.381. The second kappa shape index (κ2) is 9.53. The molecule has 0 heterocycles. The zero-order valence-electron chi connectivity index (χ0n) is 15.5. The van der Waals surface area contributed by atoms with E-state index in [0.29, 0.717) is 6.07 Å². The molecule has 0 atom stereocenters. The molecule has 0 unspecified atom stereocenters. The van der Waals surface area contributed by atoms with Gasteiger partial charge in [-0.25, -0.2) is 14.0 Å². The van der Waals surface area contributed by atoms with Gasteiger partial charge in [-0.2, -0.15) is 13.2 Å². The van der Waals surface area contributed by atoms with Crippen LogP contribution >= 0.6 is 23.2 Å². The second-order valence-electron chi connectivity index (χ2n) is 6.13. The maximum atomic E-state index is 14.1. The van der Waals surface area contributed by atoms with Gasteiger partial charge in [0.15, 0.2) is 18.2 Å². The third-order valence-corrected chi connectivity index (χ3v) is 4.00. The van der Waals surface area contributed by atoms with Gasteiger partial charge in [-0.15, -0.1) is 0 Å². The Kier molecular flexibility index (Phi) is 7.54. The van der Waals surface area contributed by atoms with Crippen LogP contribution in [0.2, 0.25) is 10.0 Å². The van der Waals surface area contributed by atoms with Crippen LogP contribution < -0.4 is 4.74 Å². The van der Waals surface area contributed by atoms with Crippen LogP contribution in [0.3, 0.4) is 0 Å². The minimum atomic E-state index is -4.79. The molecule has 0 N–H and O–H groups in total. The highest BCUT2D eigenvalue weighted by Crippen LogP contribution is 2.39. The number of alkyl halides is 3. The summed E-state index contributed by atoms with van der Waals surface area (Å²) in [7, 11) is 0. The number of rotatable bonds is 6. The summed E-state index contributed by atoms with van der Waals surface area (Å²) >= 11 is 11.6. The highest BCUT2D eigenvalue weighted by atomic mass is 35.5. The first-order valence-corrected chi connectivity index (χ1v) is 9.04. The molecule has 30 heavy (non-hydrogen) atoms. The van der Waals surface area contributed by atoms with Crippen molar-refractivity contribution in [2.24, 2.45) is 0 Å². The average molecular weight is 469 g/mol. The Balaban J connectivity index is 2.21. The van der Waals surface area contributed by atoms with Crippen molar-refractivity contribution in [3.63, 3.8) is 0 Å². The number of hydrogen-bond donors (Lipinski definition) is 0. The monoisotopic (exact) mass is 468 g/mol. The zero-order valence-corrected chi connectivity index (χ0v) is 17.0. The van der Waals surface area contributed by atoms with Gasteiger partial charge in [0.05, 0.1) is 27.3 Å². The third-order valence-electron chi connectivity index (χ3n) is 3.39. The summed E-state index contributed by atoms with van der Waals surface area (Å²) in [5, 5.41) is -0.693. The molecule has 0 spiro atoms. The fourth-order valence-electron chi connectivity index (χ4n) is 2.16. The molecular formula is C19H14Cl2F4O5. The lowest BCUT2D eigenvalue weighted by Gasteiger charge is -2.13. The van der Waals surface area contributed by atoms with Gasteiger partial charge >= 0.3 is 18.1 Å². The third kappa shape index (κ3) is 6.24. The zero-order chi connectivity index (χ0) is 22.6. The van der Waals surface area contributed by atoms with E-state index in [2.05, 4.69) is 0 Å². The lowest BCUT2D eigenvalue weighted by Crippen LogP contribution is -2.19. The van der Waals surface area contributed by atoms with Crippen LogP contribution in [0.5, 0.6) is 11.5 Å². The van der Waals surface area contributed by atoms with Gasteiger partial charge in [-0.05, 0) is 44.2 Å². The molecule has 0 saturated heterocycles. The molecule has 0 amide bonds. The summed E-state index contributed by atoms with van der Waals surface area (Å²) in [4.78, 5) is 23.6. The first kappa shape index (κ1) is 23.8. The highest BCUT2D eigenvalue weighted by Gasteiger charge is 2.32. The number of halogens is 6. The number of carbonyl (C=O) groups excluding carboxylic acids is 2. The standard InChI is InChI=1S/C19H14Cl2F4O5/c1-9(2)29-16(26)8-28-18(27)12-7-11(3-4-13(12)20)30-17-14(21)5-10(6-15(17)22)19(23,24)25/h3-7,9H,8H2,1-2H3. The van der Waals surface area contributed by atoms with E-state index >= 15 is 0 Å². The topological polar surface area (TPSA) is 61.8 Å². The summed E-state index contributed by atoms with van der Waals surface area (Å²) in [6.45, 7) is 2.56. The summed E-state index contributed by atoms with van der Waals surface area (Å²) in [5.74, 6) is -3.96. The summed E-state index contributed by atoms with van der Waals surface area (Å²) in [5.41, 5.74) is -1.51. The lowest BCUT2D eigenvalue weighted by atomic mass is 10.2. The molecule has 0 aliphatic rings. The first-order chi connectivity index (χ1) is 13.9. The van der Waals surface area contributed by atoms with E-state index in [-0.39, 0.29) is 22.4 Å². The van der Waals surface area contributed by atoms with Gasteiger partial charge in [0.25, 0.3) is 0 Å². The van der Waals surface area contributed by atoms with Crippen molar-refractivity contribution >= 4 is 35.1 Å². The van der Waals surface area contributed by atoms with Gasteiger partial charge in [0, 0.05) is 0 Å². The van der Waals surface area contributed by atoms with Crippen LogP contribution in [-0.2, 0) is 20.4 Å². The Bertz CT molecular complexity index is 937. The fraction of sp³-hybridized carbons (Fsp3) is 0.263. The SMILES string of the molecule is CC(C)OC(=O)COC(=O)c1cc(Oc2c(F)cc(C(F)(F)F)cc2Cl)ccc1Cl. The van der Waals surface area contributed by atoms with Crippen LogP contribution in [0, 0.1) is 5.82 Å². The molecule has 0 aliphatic carbocycles. The van der Waals surface area contributed by atoms with Gasteiger partial charge in [0.1, 0.15) is 5.75 Å². The Morgan fingerprint density at radius 1 is 1.07 bits per heavy atom. The van der Waals surface area contributed by atoms with Crippen LogP contribution in [0.25, 0.3) is 0 Å². The molecule has 0 aromatic heterocycles. The van der Waals surface area contributed by atoms with E-state index in [1.54, 1.807) is 13.8 Å². The summed E-state index contributed by atoms with van der Waals surface area (Å²) < 4.78 is 67.1. The molecule has 2 aromatic rings. The smallest absolute Gasteiger partial charge is 0.416 e. The molecule has 0 radical (unpaired) electrons. The molecule has 2 aromatic carbocycles. The number of esters is 2. The molecular weight excluding hydrogens is 455 g/mol. The van der Waals surface area contributed by atoms with Gasteiger partial charge in [0.2, 0.25) is 0 Å². The average Bonchev–Trinajstić information content (AvgIpc) is 2.62. The predicted octanol–water partition coefficient (Wildman–Crippen LogP) is 6.05. The second-order valence-corrected chi connectivity index (χ2v) is 6.94. The summed E-state index contributed by atoms with van der Waals surface area (Å²) in [6.07, 6.45) is -5.20. The van der Waals surface area contributed by atoms with Crippen molar-refractivity contribution in [2.45, 2.75) is 26.1 Å². The van der Waals surface area contributed by atoms with E-state index in [9.17, 15) is 27.2 Å². The van der Waals surface area contributed by atoms with Crippen molar-refractivity contribution in [1.29, 1.82) is 0 Å². The van der Waals surface area contributed by atoms with E-state index in [1.807, 2.05) is 0 Å². The van der Waals surface area contributed by atoms with Crippen molar-refractivity contribution in [1.82, 2.24) is 0 Å². The Morgan fingerprint density at radius 3 is 2.30 bits per heavy atom. The Morgan fingerprint density at radius 2 is 1.73 bits per heavy atom. The molecule has 5 nitrogen and oxygen atoms in total. The number of carbonyl (C=O) groups is 2. The van der Waals surface area contributed by atoms with E-state index in [0.717, 1.165) is 6.07 Å². The van der Waals surface area contributed by atoms with Gasteiger partial charge < -0.3 is 14.2 Å². The van der Waals surface area contributed by atoms with Crippen LogP contribution in [0.4, 0.5) is 17.6 Å². The molecule has 11 heteroatoms. The normalized spacial score (nSPS) is 11.4. The van der Waals surface area contributed by atoms with Gasteiger partial charge in [-0.1, -0.05) is 23.2 Å². The number of ether oxygens (including phenoxy) is 3. The molecule has 0 bridgehead atoms. The predicted molar refractivity (Wildman–Crippen MR) is 99.4 cm³/mol. The minimum absolute atomic E-state index is 0.0661. The molecule has 2 rings (SSSR count). The van der Waals surface area contributed by atoms with Crippen molar-refractivity contribution in [3.8, 4) is 11.5 Å².